The maximum atomic E-state index is 12.5. The fourth-order valence-electron chi connectivity index (χ4n) is 4.17. The van der Waals surface area contributed by atoms with Gasteiger partial charge in [0.25, 0.3) is 5.56 Å². The predicted molar refractivity (Wildman–Crippen MR) is 119 cm³/mol. The zero-order valence-corrected chi connectivity index (χ0v) is 17.5. The average molecular weight is 392 g/mol. The zero-order valence-electron chi connectivity index (χ0n) is 16.7. The molecule has 0 bridgehead atoms. The number of aromatic amines is 1. The summed E-state index contributed by atoms with van der Waals surface area (Å²) in [5.41, 5.74) is 12.0. The number of fused-ring (bicyclic) bond motifs is 3. The van der Waals surface area contributed by atoms with Gasteiger partial charge in [-0.15, -0.1) is 11.3 Å². The molecule has 4 rings (SSSR count). The van der Waals surface area contributed by atoms with Gasteiger partial charge in [-0.2, -0.15) is 0 Å². The third-order valence-electron chi connectivity index (χ3n) is 5.62. The molecule has 0 saturated carbocycles. The van der Waals surface area contributed by atoms with Crippen LogP contribution in [0, 0.1) is 19.8 Å². The largest absolute Gasteiger partial charge is 0.330 e. The SMILES string of the molecule is Cc1nc(C)c2[nH]c(=O)c3sccc3c2c1-c1ccc([C@H](CN)C(C)C)cc1. The summed E-state index contributed by atoms with van der Waals surface area (Å²) in [6, 6.07) is 10.7. The highest BCUT2D eigenvalue weighted by Gasteiger charge is 2.18. The highest BCUT2D eigenvalue weighted by molar-refractivity contribution is 7.17. The molecule has 0 radical (unpaired) electrons. The van der Waals surface area contributed by atoms with Crippen molar-refractivity contribution in [2.45, 2.75) is 33.6 Å². The van der Waals surface area contributed by atoms with Crippen molar-refractivity contribution in [3.63, 3.8) is 0 Å². The van der Waals surface area contributed by atoms with E-state index in [0.29, 0.717) is 18.4 Å². The van der Waals surface area contributed by atoms with Crippen molar-refractivity contribution in [1.82, 2.24) is 9.97 Å². The second kappa shape index (κ2) is 7.15. The van der Waals surface area contributed by atoms with Crippen molar-refractivity contribution >= 4 is 32.3 Å². The number of nitrogens with zero attached hydrogens (tertiary/aromatic N) is 1. The lowest BCUT2D eigenvalue weighted by molar-refractivity contribution is 0.506. The molecule has 0 saturated heterocycles. The summed E-state index contributed by atoms with van der Waals surface area (Å²) in [6.07, 6.45) is 0. The molecule has 3 heterocycles. The number of aromatic nitrogens is 2. The number of benzene rings is 1. The highest BCUT2D eigenvalue weighted by atomic mass is 32.1. The minimum Gasteiger partial charge on any atom is -0.330 e. The Hall–Kier alpha value is -2.50. The van der Waals surface area contributed by atoms with Gasteiger partial charge in [0.1, 0.15) is 4.70 Å². The fourth-order valence-corrected chi connectivity index (χ4v) is 4.96. The maximum Gasteiger partial charge on any atom is 0.266 e. The smallest absolute Gasteiger partial charge is 0.266 e. The molecular weight excluding hydrogens is 366 g/mol. The zero-order chi connectivity index (χ0) is 20.0. The molecule has 0 amide bonds. The molecule has 3 N–H and O–H groups in total. The van der Waals surface area contributed by atoms with E-state index < -0.39 is 0 Å². The first-order valence-corrected chi connectivity index (χ1v) is 10.5. The molecule has 0 fully saturated rings. The van der Waals surface area contributed by atoms with E-state index in [1.807, 2.05) is 25.3 Å². The summed E-state index contributed by atoms with van der Waals surface area (Å²) < 4.78 is 0.762. The normalized spacial score (nSPS) is 12.9. The van der Waals surface area contributed by atoms with Gasteiger partial charge < -0.3 is 10.7 Å². The second-order valence-electron chi connectivity index (χ2n) is 7.73. The molecule has 3 aromatic heterocycles. The number of aryl methyl sites for hydroxylation is 2. The molecule has 144 valence electrons. The lowest BCUT2D eigenvalue weighted by Gasteiger charge is -2.20. The molecule has 1 aromatic carbocycles. The third-order valence-corrected chi connectivity index (χ3v) is 6.54. The summed E-state index contributed by atoms with van der Waals surface area (Å²) in [7, 11) is 0. The number of H-pyrrole nitrogens is 1. The van der Waals surface area contributed by atoms with Gasteiger partial charge >= 0.3 is 0 Å². The fraction of sp³-hybridized carbons (Fsp3) is 0.304. The summed E-state index contributed by atoms with van der Waals surface area (Å²) in [5, 5.41) is 4.05. The topological polar surface area (TPSA) is 71.8 Å². The van der Waals surface area contributed by atoms with Crippen molar-refractivity contribution in [3.8, 4) is 11.1 Å². The summed E-state index contributed by atoms with van der Waals surface area (Å²) in [4.78, 5) is 20.3. The molecule has 4 aromatic rings. The van der Waals surface area contributed by atoms with Gasteiger partial charge in [-0.05, 0) is 54.8 Å². The molecule has 0 aliphatic heterocycles. The van der Waals surface area contributed by atoms with Gasteiger partial charge in [-0.1, -0.05) is 38.1 Å². The molecular formula is C23H25N3OS. The van der Waals surface area contributed by atoms with Crippen LogP contribution in [0.2, 0.25) is 0 Å². The number of nitrogens with two attached hydrogens (primary N) is 1. The Balaban J connectivity index is 1.99. The summed E-state index contributed by atoms with van der Waals surface area (Å²) in [5.74, 6) is 0.845. The highest BCUT2D eigenvalue weighted by Crippen LogP contribution is 2.37. The standard InChI is InChI=1S/C23H25N3OS/c1-12(2)18(11-24)15-5-7-16(8-6-15)19-13(3)25-14(4)21-20(19)17-9-10-28-22(17)23(27)26-21/h5-10,12,18H,11,24H2,1-4H3,(H,26,27)/t18-/m1/s1. The quantitative estimate of drug-likeness (QED) is 0.507. The van der Waals surface area contributed by atoms with E-state index in [4.69, 9.17) is 10.7 Å². The Labute approximate surface area is 168 Å². The summed E-state index contributed by atoms with van der Waals surface area (Å²) in [6.45, 7) is 9.04. The van der Waals surface area contributed by atoms with Crippen LogP contribution in [0.15, 0.2) is 40.5 Å². The Bertz CT molecular complexity index is 1220. The molecule has 0 unspecified atom stereocenters. The molecule has 1 atom stereocenters. The first-order chi connectivity index (χ1) is 13.4. The Kier molecular flexibility index (Phi) is 4.81. The van der Waals surface area contributed by atoms with E-state index >= 15 is 0 Å². The molecule has 0 aliphatic carbocycles. The van der Waals surface area contributed by atoms with Crippen LogP contribution in [0.1, 0.15) is 36.7 Å². The van der Waals surface area contributed by atoms with Crippen LogP contribution in [-0.4, -0.2) is 16.5 Å². The molecule has 28 heavy (non-hydrogen) atoms. The van der Waals surface area contributed by atoms with Crippen molar-refractivity contribution < 1.29 is 0 Å². The molecule has 4 nitrogen and oxygen atoms in total. The number of thiophene rings is 1. The number of hydrogen-bond donors (Lipinski definition) is 2. The molecule has 5 heteroatoms. The van der Waals surface area contributed by atoms with E-state index in [9.17, 15) is 4.79 Å². The number of hydrogen-bond acceptors (Lipinski definition) is 4. The number of rotatable bonds is 4. The van der Waals surface area contributed by atoms with Crippen LogP contribution in [0.25, 0.3) is 32.1 Å². The van der Waals surface area contributed by atoms with Crippen LogP contribution in [-0.2, 0) is 0 Å². The van der Waals surface area contributed by atoms with E-state index in [0.717, 1.165) is 43.5 Å². The first-order valence-electron chi connectivity index (χ1n) is 9.63. The van der Waals surface area contributed by atoms with Crippen molar-refractivity contribution in [3.05, 3.63) is 63.0 Å². The van der Waals surface area contributed by atoms with Gasteiger partial charge in [0.15, 0.2) is 0 Å². The van der Waals surface area contributed by atoms with Gasteiger partial charge in [-0.25, -0.2) is 0 Å². The number of nitrogens with one attached hydrogen (secondary N) is 1. The van der Waals surface area contributed by atoms with Gasteiger partial charge in [0, 0.05) is 22.0 Å². The molecule has 0 aliphatic rings. The van der Waals surface area contributed by atoms with E-state index in [1.54, 1.807) is 0 Å². The van der Waals surface area contributed by atoms with Gasteiger partial charge in [-0.3, -0.25) is 9.78 Å². The van der Waals surface area contributed by atoms with E-state index in [2.05, 4.69) is 43.1 Å². The van der Waals surface area contributed by atoms with E-state index in [-0.39, 0.29) is 5.56 Å². The second-order valence-corrected chi connectivity index (χ2v) is 8.65. The van der Waals surface area contributed by atoms with Crippen LogP contribution in [0.3, 0.4) is 0 Å². The Morgan fingerprint density at radius 3 is 2.46 bits per heavy atom. The molecule has 0 spiro atoms. The monoisotopic (exact) mass is 391 g/mol. The Morgan fingerprint density at radius 1 is 1.11 bits per heavy atom. The maximum absolute atomic E-state index is 12.5. The van der Waals surface area contributed by atoms with E-state index in [1.165, 1.54) is 16.9 Å². The predicted octanol–water partition coefficient (Wildman–Crippen LogP) is 5.12. The van der Waals surface area contributed by atoms with Crippen LogP contribution in [0.5, 0.6) is 0 Å². The summed E-state index contributed by atoms with van der Waals surface area (Å²) >= 11 is 1.48. The average Bonchev–Trinajstić information content (AvgIpc) is 3.15. The minimum absolute atomic E-state index is 0.0460. The van der Waals surface area contributed by atoms with Crippen LogP contribution < -0.4 is 11.3 Å². The third kappa shape index (κ3) is 2.95. The Morgan fingerprint density at radius 2 is 1.82 bits per heavy atom. The van der Waals surface area contributed by atoms with Gasteiger partial charge in [0.05, 0.1) is 11.2 Å². The van der Waals surface area contributed by atoms with Crippen LogP contribution >= 0.6 is 11.3 Å². The lowest BCUT2D eigenvalue weighted by atomic mass is 9.87. The van der Waals surface area contributed by atoms with Crippen molar-refractivity contribution in [1.29, 1.82) is 0 Å². The van der Waals surface area contributed by atoms with Crippen LogP contribution in [0.4, 0.5) is 0 Å². The number of pyridine rings is 2. The van der Waals surface area contributed by atoms with Crippen molar-refractivity contribution in [2.24, 2.45) is 11.7 Å². The minimum atomic E-state index is -0.0460. The van der Waals surface area contributed by atoms with Crippen molar-refractivity contribution in [2.75, 3.05) is 6.54 Å². The lowest BCUT2D eigenvalue weighted by Crippen LogP contribution is -2.17. The first kappa shape index (κ1) is 18.8. The van der Waals surface area contributed by atoms with Gasteiger partial charge in [0.2, 0.25) is 0 Å².